The Balaban J connectivity index is 2.02. The molecule has 0 bridgehead atoms. The highest BCUT2D eigenvalue weighted by Crippen LogP contribution is 2.35. The van der Waals surface area contributed by atoms with Crippen LogP contribution in [0.1, 0.15) is 65.7 Å². The van der Waals surface area contributed by atoms with Crippen molar-refractivity contribution in [1.29, 1.82) is 0 Å². The lowest BCUT2D eigenvalue weighted by Crippen LogP contribution is -2.64. The van der Waals surface area contributed by atoms with E-state index in [1.165, 1.54) is 12.8 Å². The van der Waals surface area contributed by atoms with Gasteiger partial charge in [-0.1, -0.05) is 40.0 Å². The molecule has 4 nitrogen and oxygen atoms in total. The van der Waals surface area contributed by atoms with E-state index < -0.39 is 0 Å². The average molecular weight is 294 g/mol. The number of nitrogens with zero attached hydrogens (tertiary/aromatic N) is 1. The Bertz CT molecular complexity index is 377. The van der Waals surface area contributed by atoms with E-state index in [0.29, 0.717) is 11.8 Å². The lowest BCUT2D eigenvalue weighted by Gasteiger charge is -2.40. The number of nitrogens with one attached hydrogen (secondary N) is 1. The second kappa shape index (κ2) is 7.28. The van der Waals surface area contributed by atoms with Crippen molar-refractivity contribution in [2.24, 2.45) is 11.8 Å². The van der Waals surface area contributed by atoms with Gasteiger partial charge in [-0.25, -0.2) is 0 Å². The van der Waals surface area contributed by atoms with E-state index in [1.807, 2.05) is 4.90 Å². The van der Waals surface area contributed by atoms with Gasteiger partial charge in [0.25, 0.3) is 0 Å². The number of carbonyl (C=O) groups is 2. The van der Waals surface area contributed by atoms with Crippen molar-refractivity contribution >= 4 is 11.8 Å². The number of hydrogen-bond donors (Lipinski definition) is 1. The molecule has 0 aromatic heterocycles. The minimum absolute atomic E-state index is 0.0655. The Kier molecular flexibility index (Phi) is 5.65. The first-order valence-electron chi connectivity index (χ1n) is 8.65. The maximum absolute atomic E-state index is 12.7. The summed E-state index contributed by atoms with van der Waals surface area (Å²) < 4.78 is 0. The molecule has 2 fully saturated rings. The van der Waals surface area contributed by atoms with Gasteiger partial charge in [-0.05, 0) is 37.5 Å². The average Bonchev–Trinajstić information content (AvgIpc) is 3.25. The van der Waals surface area contributed by atoms with Crippen LogP contribution in [0.4, 0.5) is 0 Å². The van der Waals surface area contributed by atoms with Crippen LogP contribution in [0.25, 0.3) is 0 Å². The zero-order valence-electron chi connectivity index (χ0n) is 13.7. The molecule has 2 atom stereocenters. The molecule has 2 rings (SSSR count). The van der Waals surface area contributed by atoms with Gasteiger partial charge in [0.05, 0.1) is 0 Å². The summed E-state index contributed by atoms with van der Waals surface area (Å²) in [6, 6.07) is -0.499. The molecule has 2 unspecified atom stereocenters. The van der Waals surface area contributed by atoms with Crippen molar-refractivity contribution in [3.8, 4) is 0 Å². The molecular formula is C17H30N2O2. The first kappa shape index (κ1) is 16.3. The Morgan fingerprint density at radius 2 is 1.90 bits per heavy atom. The summed E-state index contributed by atoms with van der Waals surface area (Å²) in [4.78, 5) is 27.0. The molecule has 21 heavy (non-hydrogen) atoms. The van der Waals surface area contributed by atoms with E-state index in [1.54, 1.807) is 0 Å². The molecule has 0 radical (unpaired) electrons. The van der Waals surface area contributed by atoms with E-state index in [2.05, 4.69) is 26.1 Å². The van der Waals surface area contributed by atoms with Crippen LogP contribution < -0.4 is 5.32 Å². The van der Waals surface area contributed by atoms with Crippen molar-refractivity contribution in [2.75, 3.05) is 6.54 Å². The van der Waals surface area contributed by atoms with Gasteiger partial charge in [0, 0.05) is 6.54 Å². The molecule has 1 aliphatic carbocycles. The van der Waals surface area contributed by atoms with Crippen LogP contribution in [0.15, 0.2) is 0 Å². The zero-order chi connectivity index (χ0) is 15.4. The van der Waals surface area contributed by atoms with Crippen LogP contribution >= 0.6 is 0 Å². The minimum atomic E-state index is -0.255. The molecule has 1 saturated heterocycles. The van der Waals surface area contributed by atoms with Gasteiger partial charge >= 0.3 is 0 Å². The minimum Gasteiger partial charge on any atom is -0.342 e. The molecule has 2 aliphatic rings. The summed E-state index contributed by atoms with van der Waals surface area (Å²) in [5.74, 6) is 1.04. The number of amides is 2. The molecule has 4 heteroatoms. The number of piperazine rings is 1. The van der Waals surface area contributed by atoms with Gasteiger partial charge < -0.3 is 10.2 Å². The van der Waals surface area contributed by atoms with Gasteiger partial charge in [0.15, 0.2) is 0 Å². The summed E-state index contributed by atoms with van der Waals surface area (Å²) >= 11 is 0. The fraction of sp³-hybridized carbons (Fsp3) is 0.882. The van der Waals surface area contributed by atoms with Gasteiger partial charge in [-0.2, -0.15) is 0 Å². The van der Waals surface area contributed by atoms with Crippen molar-refractivity contribution in [3.05, 3.63) is 0 Å². The summed E-state index contributed by atoms with van der Waals surface area (Å²) in [5.41, 5.74) is 0. The summed E-state index contributed by atoms with van der Waals surface area (Å²) in [6.07, 6.45) is 7.47. The van der Waals surface area contributed by atoms with Gasteiger partial charge in [0.1, 0.15) is 12.1 Å². The monoisotopic (exact) mass is 294 g/mol. The SMILES string of the molecule is CCCCCCN1C(=O)C(C2CC2)NC(=O)C1CC(C)C. The molecule has 2 amide bonds. The first-order chi connectivity index (χ1) is 10.0. The van der Waals surface area contributed by atoms with E-state index in [-0.39, 0.29) is 23.9 Å². The molecule has 1 aliphatic heterocycles. The Morgan fingerprint density at radius 3 is 2.48 bits per heavy atom. The van der Waals surface area contributed by atoms with Crippen LogP contribution in [0.2, 0.25) is 0 Å². The van der Waals surface area contributed by atoms with Gasteiger partial charge in [-0.3, -0.25) is 9.59 Å². The van der Waals surface area contributed by atoms with E-state index in [4.69, 9.17) is 0 Å². The lowest BCUT2D eigenvalue weighted by atomic mass is 9.96. The van der Waals surface area contributed by atoms with E-state index in [0.717, 1.165) is 38.6 Å². The number of rotatable bonds is 8. The van der Waals surface area contributed by atoms with Crippen molar-refractivity contribution in [2.45, 2.75) is 77.8 Å². The van der Waals surface area contributed by atoms with Crippen LogP contribution in [0.5, 0.6) is 0 Å². The van der Waals surface area contributed by atoms with Gasteiger partial charge in [-0.15, -0.1) is 0 Å². The molecule has 1 saturated carbocycles. The molecule has 120 valence electrons. The molecule has 0 aromatic rings. The number of unbranched alkanes of at least 4 members (excludes halogenated alkanes) is 3. The predicted molar refractivity (Wildman–Crippen MR) is 83.8 cm³/mol. The third-order valence-corrected chi connectivity index (χ3v) is 4.57. The third-order valence-electron chi connectivity index (χ3n) is 4.57. The van der Waals surface area contributed by atoms with Crippen molar-refractivity contribution < 1.29 is 9.59 Å². The van der Waals surface area contributed by atoms with Crippen LogP contribution in [-0.4, -0.2) is 35.3 Å². The fourth-order valence-corrected chi connectivity index (χ4v) is 3.19. The highest BCUT2D eigenvalue weighted by Gasteiger charge is 2.46. The first-order valence-corrected chi connectivity index (χ1v) is 8.65. The number of hydrogen-bond acceptors (Lipinski definition) is 2. The fourth-order valence-electron chi connectivity index (χ4n) is 3.19. The Morgan fingerprint density at radius 1 is 1.19 bits per heavy atom. The van der Waals surface area contributed by atoms with Crippen molar-refractivity contribution in [1.82, 2.24) is 10.2 Å². The second-order valence-corrected chi connectivity index (χ2v) is 7.06. The van der Waals surface area contributed by atoms with Crippen LogP contribution in [-0.2, 0) is 9.59 Å². The third kappa shape index (κ3) is 4.21. The maximum atomic E-state index is 12.7. The number of carbonyl (C=O) groups excluding carboxylic acids is 2. The lowest BCUT2D eigenvalue weighted by molar-refractivity contribution is -0.150. The zero-order valence-corrected chi connectivity index (χ0v) is 13.7. The predicted octanol–water partition coefficient (Wildman–Crippen LogP) is 2.72. The molecule has 1 heterocycles. The van der Waals surface area contributed by atoms with Crippen LogP contribution in [0, 0.1) is 11.8 Å². The second-order valence-electron chi connectivity index (χ2n) is 7.06. The standard InChI is InChI=1S/C17H30N2O2/c1-4-5-6-7-10-19-14(11-12(2)3)16(20)18-15(17(19)21)13-8-9-13/h12-15H,4-11H2,1-3H3,(H,18,20). The maximum Gasteiger partial charge on any atom is 0.246 e. The van der Waals surface area contributed by atoms with Crippen molar-refractivity contribution in [3.63, 3.8) is 0 Å². The summed E-state index contributed by atoms with van der Waals surface area (Å²) in [6.45, 7) is 7.15. The molecule has 1 N–H and O–H groups in total. The normalized spacial score (nSPS) is 26.4. The van der Waals surface area contributed by atoms with Crippen LogP contribution in [0.3, 0.4) is 0 Å². The Hall–Kier alpha value is -1.06. The summed E-state index contributed by atoms with van der Waals surface area (Å²) in [5, 5.41) is 2.98. The highest BCUT2D eigenvalue weighted by atomic mass is 16.2. The highest BCUT2D eigenvalue weighted by molar-refractivity contribution is 5.97. The smallest absolute Gasteiger partial charge is 0.246 e. The van der Waals surface area contributed by atoms with E-state index in [9.17, 15) is 9.59 Å². The summed E-state index contributed by atoms with van der Waals surface area (Å²) in [7, 11) is 0. The molecule has 0 aromatic carbocycles. The van der Waals surface area contributed by atoms with Gasteiger partial charge in [0.2, 0.25) is 11.8 Å². The van der Waals surface area contributed by atoms with E-state index >= 15 is 0 Å². The topological polar surface area (TPSA) is 49.4 Å². The largest absolute Gasteiger partial charge is 0.342 e. The quantitative estimate of drug-likeness (QED) is 0.700. The Labute approximate surface area is 128 Å². The molecular weight excluding hydrogens is 264 g/mol. The molecule has 0 spiro atoms.